The first kappa shape index (κ1) is 13.0. The third-order valence-electron chi connectivity index (χ3n) is 2.13. The molecule has 0 bridgehead atoms. The number of amides is 1. The standard InChI is InChI=1S/C10H14N6O3/c1-3-18-10-13-9(14-15-10)12-7(17)4-5-8-11-6(2)16-19-8/h3-5H2,1-2H3,(H2,12,13,14,15,17). The Morgan fingerprint density at radius 1 is 1.47 bits per heavy atom. The van der Waals surface area contributed by atoms with E-state index in [9.17, 15) is 4.79 Å². The minimum atomic E-state index is -0.227. The van der Waals surface area contributed by atoms with Crippen molar-refractivity contribution in [2.75, 3.05) is 11.9 Å². The number of aromatic amines is 1. The molecule has 0 atom stereocenters. The van der Waals surface area contributed by atoms with Crippen LogP contribution in [0, 0.1) is 6.92 Å². The Morgan fingerprint density at radius 3 is 3.00 bits per heavy atom. The van der Waals surface area contributed by atoms with Crippen molar-refractivity contribution in [2.45, 2.75) is 26.7 Å². The summed E-state index contributed by atoms with van der Waals surface area (Å²) < 4.78 is 9.97. The summed E-state index contributed by atoms with van der Waals surface area (Å²) in [6, 6.07) is 0.199. The molecule has 9 heteroatoms. The van der Waals surface area contributed by atoms with Crippen molar-refractivity contribution in [1.82, 2.24) is 25.3 Å². The zero-order chi connectivity index (χ0) is 13.7. The Hall–Kier alpha value is -2.45. The van der Waals surface area contributed by atoms with E-state index in [1.807, 2.05) is 6.92 Å². The number of H-pyrrole nitrogens is 1. The van der Waals surface area contributed by atoms with E-state index in [2.05, 4.69) is 30.6 Å². The third-order valence-corrected chi connectivity index (χ3v) is 2.13. The summed E-state index contributed by atoms with van der Waals surface area (Å²) in [6.45, 7) is 4.00. The molecule has 0 aromatic carbocycles. The number of hydrogen-bond acceptors (Lipinski definition) is 7. The van der Waals surface area contributed by atoms with E-state index in [0.29, 0.717) is 24.7 Å². The zero-order valence-electron chi connectivity index (χ0n) is 10.6. The van der Waals surface area contributed by atoms with Gasteiger partial charge < -0.3 is 9.26 Å². The molecule has 2 aromatic heterocycles. The molecule has 0 aliphatic rings. The Labute approximate surface area is 108 Å². The van der Waals surface area contributed by atoms with Crippen LogP contribution >= 0.6 is 0 Å². The van der Waals surface area contributed by atoms with Crippen molar-refractivity contribution in [3.05, 3.63) is 11.7 Å². The molecule has 2 aromatic rings. The average molecular weight is 266 g/mol. The van der Waals surface area contributed by atoms with E-state index in [0.717, 1.165) is 0 Å². The number of nitrogens with zero attached hydrogens (tertiary/aromatic N) is 4. The Bertz CT molecular complexity index is 549. The first-order valence-corrected chi connectivity index (χ1v) is 5.81. The van der Waals surface area contributed by atoms with Crippen molar-refractivity contribution >= 4 is 11.9 Å². The number of hydrogen-bond donors (Lipinski definition) is 2. The molecule has 2 N–H and O–H groups in total. The van der Waals surface area contributed by atoms with Crippen LogP contribution in [0.15, 0.2) is 4.52 Å². The third kappa shape index (κ3) is 3.76. The number of anilines is 1. The molecule has 0 aliphatic heterocycles. The maximum atomic E-state index is 11.6. The van der Waals surface area contributed by atoms with Gasteiger partial charge in [0.25, 0.3) is 0 Å². The summed E-state index contributed by atoms with van der Waals surface area (Å²) in [5.74, 6) is 0.998. The highest BCUT2D eigenvalue weighted by atomic mass is 16.5. The van der Waals surface area contributed by atoms with Gasteiger partial charge in [0, 0.05) is 12.8 Å². The van der Waals surface area contributed by atoms with Crippen LogP contribution in [-0.2, 0) is 11.2 Å². The Balaban J connectivity index is 1.80. The van der Waals surface area contributed by atoms with Crippen molar-refractivity contribution in [3.8, 4) is 6.01 Å². The smallest absolute Gasteiger partial charge is 0.337 e. The van der Waals surface area contributed by atoms with Gasteiger partial charge in [0.05, 0.1) is 6.61 Å². The Kier molecular flexibility index (Phi) is 4.06. The fraction of sp³-hybridized carbons (Fsp3) is 0.500. The van der Waals surface area contributed by atoms with Crippen molar-refractivity contribution in [3.63, 3.8) is 0 Å². The highest BCUT2D eigenvalue weighted by Crippen LogP contribution is 2.07. The normalized spacial score (nSPS) is 10.4. The topological polar surface area (TPSA) is 119 Å². The maximum Gasteiger partial charge on any atom is 0.337 e. The predicted molar refractivity (Wildman–Crippen MR) is 63.5 cm³/mol. The lowest BCUT2D eigenvalue weighted by atomic mass is 10.3. The van der Waals surface area contributed by atoms with Crippen molar-refractivity contribution < 1.29 is 14.1 Å². The van der Waals surface area contributed by atoms with E-state index in [1.54, 1.807) is 6.92 Å². The summed E-state index contributed by atoms with van der Waals surface area (Å²) in [5.41, 5.74) is 0. The molecule has 0 saturated heterocycles. The molecule has 2 heterocycles. The number of carbonyl (C=O) groups excluding carboxylic acids is 1. The zero-order valence-corrected chi connectivity index (χ0v) is 10.6. The molecule has 9 nitrogen and oxygen atoms in total. The van der Waals surface area contributed by atoms with Gasteiger partial charge in [-0.15, -0.1) is 5.10 Å². The average Bonchev–Trinajstić information content (AvgIpc) is 2.97. The van der Waals surface area contributed by atoms with Crippen LogP contribution in [0.2, 0.25) is 0 Å². The van der Waals surface area contributed by atoms with E-state index in [4.69, 9.17) is 9.26 Å². The van der Waals surface area contributed by atoms with Crippen LogP contribution < -0.4 is 10.1 Å². The first-order valence-electron chi connectivity index (χ1n) is 5.81. The second-order valence-electron chi connectivity index (χ2n) is 3.68. The van der Waals surface area contributed by atoms with Crippen LogP contribution in [0.3, 0.4) is 0 Å². The minimum absolute atomic E-state index is 0.199. The van der Waals surface area contributed by atoms with Crippen LogP contribution in [0.4, 0.5) is 5.95 Å². The summed E-state index contributed by atoms with van der Waals surface area (Å²) in [6.07, 6.45) is 0.589. The summed E-state index contributed by atoms with van der Waals surface area (Å²) in [5, 5.41) is 12.5. The van der Waals surface area contributed by atoms with Gasteiger partial charge in [-0.05, 0) is 13.8 Å². The van der Waals surface area contributed by atoms with Crippen LogP contribution in [0.25, 0.3) is 0 Å². The van der Waals surface area contributed by atoms with Crippen LogP contribution in [0.1, 0.15) is 25.1 Å². The maximum absolute atomic E-state index is 11.6. The van der Waals surface area contributed by atoms with Crippen LogP contribution in [-0.4, -0.2) is 37.8 Å². The lowest BCUT2D eigenvalue weighted by molar-refractivity contribution is -0.116. The van der Waals surface area contributed by atoms with Gasteiger partial charge in [0.15, 0.2) is 5.82 Å². The molecule has 19 heavy (non-hydrogen) atoms. The highest BCUT2D eigenvalue weighted by Gasteiger charge is 2.10. The summed E-state index contributed by atoms with van der Waals surface area (Å²) >= 11 is 0. The molecule has 0 spiro atoms. The summed E-state index contributed by atoms with van der Waals surface area (Å²) in [7, 11) is 0. The lowest BCUT2D eigenvalue weighted by Crippen LogP contribution is -2.13. The molecule has 0 saturated carbocycles. The quantitative estimate of drug-likeness (QED) is 0.779. The van der Waals surface area contributed by atoms with Gasteiger partial charge in [-0.25, -0.2) is 5.10 Å². The predicted octanol–water partition coefficient (Wildman–Crippen LogP) is 0.466. The fourth-order valence-corrected chi connectivity index (χ4v) is 1.35. The van der Waals surface area contributed by atoms with Crippen molar-refractivity contribution in [2.24, 2.45) is 0 Å². The van der Waals surface area contributed by atoms with E-state index in [1.165, 1.54) is 0 Å². The Morgan fingerprint density at radius 2 is 2.32 bits per heavy atom. The van der Waals surface area contributed by atoms with Gasteiger partial charge in [-0.3, -0.25) is 10.1 Å². The molecule has 102 valence electrons. The second-order valence-corrected chi connectivity index (χ2v) is 3.68. The molecule has 0 radical (unpaired) electrons. The second kappa shape index (κ2) is 5.94. The fourth-order valence-electron chi connectivity index (χ4n) is 1.35. The monoisotopic (exact) mass is 266 g/mol. The lowest BCUT2D eigenvalue weighted by Gasteiger charge is -1.98. The molecule has 2 rings (SSSR count). The molecule has 0 unspecified atom stereocenters. The minimum Gasteiger partial charge on any atom is -0.463 e. The number of nitrogens with one attached hydrogen (secondary N) is 2. The molecule has 1 amide bonds. The van der Waals surface area contributed by atoms with Gasteiger partial charge in [0.1, 0.15) is 0 Å². The van der Waals surface area contributed by atoms with E-state index >= 15 is 0 Å². The van der Waals surface area contributed by atoms with E-state index < -0.39 is 0 Å². The number of aryl methyl sites for hydroxylation is 2. The SMILES string of the molecule is CCOc1n[nH]c(NC(=O)CCc2nc(C)no2)n1. The van der Waals surface area contributed by atoms with E-state index in [-0.39, 0.29) is 24.3 Å². The largest absolute Gasteiger partial charge is 0.463 e. The van der Waals surface area contributed by atoms with Crippen molar-refractivity contribution in [1.29, 1.82) is 0 Å². The molecule has 0 aliphatic carbocycles. The number of carbonyl (C=O) groups is 1. The molecule has 0 fully saturated rings. The van der Waals surface area contributed by atoms with Gasteiger partial charge in [-0.1, -0.05) is 5.16 Å². The summed E-state index contributed by atoms with van der Waals surface area (Å²) in [4.78, 5) is 19.6. The number of rotatable bonds is 6. The first-order chi connectivity index (χ1) is 9.17. The number of aromatic nitrogens is 5. The molecular weight excluding hydrogens is 252 g/mol. The van der Waals surface area contributed by atoms with Gasteiger partial charge >= 0.3 is 6.01 Å². The molecular formula is C10H14N6O3. The van der Waals surface area contributed by atoms with Crippen LogP contribution in [0.5, 0.6) is 6.01 Å². The highest BCUT2D eigenvalue weighted by molar-refractivity contribution is 5.88. The van der Waals surface area contributed by atoms with Gasteiger partial charge in [-0.2, -0.15) is 9.97 Å². The number of ether oxygens (including phenoxy) is 1. The van der Waals surface area contributed by atoms with Gasteiger partial charge in [0.2, 0.25) is 17.7 Å².